The van der Waals surface area contributed by atoms with Gasteiger partial charge in [-0.2, -0.15) is 0 Å². The normalized spacial score (nSPS) is 13.0. The number of aliphatic hydroxyl groups is 1. The maximum atomic E-state index is 11.1. The Kier molecular flexibility index (Phi) is 8.73. The molecule has 1 aromatic rings. The lowest BCUT2D eigenvalue weighted by molar-refractivity contribution is 0.0651. The zero-order valence-electron chi connectivity index (χ0n) is 13.7. The minimum absolute atomic E-state index is 0.773. The molecule has 22 heavy (non-hydrogen) atoms. The van der Waals surface area contributed by atoms with Gasteiger partial charge >= 0.3 is 0 Å². The number of hydrogen-bond acceptors (Lipinski definition) is 2. The smallest absolute Gasteiger partial charge is 0.118 e. The summed E-state index contributed by atoms with van der Waals surface area (Å²) in [7, 11) is 1.66. The Morgan fingerprint density at radius 3 is 1.95 bits per heavy atom. The number of rotatable bonds is 9. The zero-order chi connectivity index (χ0) is 16.6. The van der Waals surface area contributed by atoms with Crippen molar-refractivity contribution in [2.24, 2.45) is 0 Å². The maximum Gasteiger partial charge on any atom is 0.118 e. The molecule has 0 saturated carbocycles. The molecule has 0 amide bonds. The van der Waals surface area contributed by atoms with Crippen molar-refractivity contribution >= 4 is 36.3 Å². The highest BCUT2D eigenvalue weighted by atomic mass is 79.9. The van der Waals surface area contributed by atoms with Crippen molar-refractivity contribution in [3.8, 4) is 5.75 Å². The molecular formula is C18H26Br2O2. The first-order chi connectivity index (χ1) is 10.5. The molecule has 0 radical (unpaired) electrons. The molecule has 0 spiro atoms. The van der Waals surface area contributed by atoms with Crippen LogP contribution >= 0.6 is 31.9 Å². The monoisotopic (exact) mass is 432 g/mol. The lowest BCUT2D eigenvalue weighted by Crippen LogP contribution is -2.29. The third-order valence-electron chi connectivity index (χ3n) is 3.83. The lowest BCUT2D eigenvalue weighted by atomic mass is 9.90. The van der Waals surface area contributed by atoms with Gasteiger partial charge in [0.25, 0.3) is 0 Å². The Balaban J connectivity index is 3.08. The molecular weight excluding hydrogens is 408 g/mol. The van der Waals surface area contributed by atoms with Crippen LogP contribution in [0.4, 0.5) is 0 Å². The highest BCUT2D eigenvalue weighted by Crippen LogP contribution is 2.41. The molecule has 0 bridgehead atoms. The predicted octanol–water partition coefficient (Wildman–Crippen LogP) is 6.27. The van der Waals surface area contributed by atoms with Crippen LogP contribution in [-0.2, 0) is 0 Å². The van der Waals surface area contributed by atoms with E-state index in [1.54, 1.807) is 7.11 Å². The van der Waals surface area contributed by atoms with E-state index in [1.165, 1.54) is 0 Å². The second-order valence-electron chi connectivity index (χ2n) is 5.60. The molecule has 2 nitrogen and oxygen atoms in total. The van der Waals surface area contributed by atoms with Gasteiger partial charge in [0.2, 0.25) is 0 Å². The number of halogens is 2. The van der Waals surface area contributed by atoms with E-state index in [-0.39, 0.29) is 0 Å². The fourth-order valence-electron chi connectivity index (χ4n) is 2.35. The molecule has 124 valence electrons. The summed E-state index contributed by atoms with van der Waals surface area (Å²) in [5.41, 5.74) is 0.226. The van der Waals surface area contributed by atoms with Crippen molar-refractivity contribution in [3.63, 3.8) is 0 Å². The summed E-state index contributed by atoms with van der Waals surface area (Å²) in [4.78, 5) is 0. The van der Waals surface area contributed by atoms with Crippen LogP contribution in [0.5, 0.6) is 5.75 Å². The van der Waals surface area contributed by atoms with Crippen molar-refractivity contribution in [2.45, 2.75) is 58.0 Å². The Bertz CT molecular complexity index is 472. The molecule has 1 N–H and O–H groups in total. The van der Waals surface area contributed by atoms with Crippen LogP contribution in [0.2, 0.25) is 0 Å². The van der Waals surface area contributed by atoms with Crippen LogP contribution in [-0.4, -0.2) is 17.8 Å². The van der Waals surface area contributed by atoms with Gasteiger partial charge in [-0.05, 0) is 46.5 Å². The summed E-state index contributed by atoms with van der Waals surface area (Å²) in [6.07, 6.45) is 5.73. The summed E-state index contributed by atoms with van der Waals surface area (Å²) in [6.45, 7) is 4.30. The van der Waals surface area contributed by atoms with E-state index in [9.17, 15) is 5.11 Å². The van der Waals surface area contributed by atoms with Gasteiger partial charge in [0.1, 0.15) is 5.75 Å². The molecule has 0 saturated heterocycles. The number of methoxy groups -OCH3 is 1. The van der Waals surface area contributed by atoms with E-state index < -0.39 is 5.60 Å². The minimum Gasteiger partial charge on any atom is -0.497 e. The molecule has 1 aromatic carbocycles. The van der Waals surface area contributed by atoms with Crippen LogP contribution in [0.3, 0.4) is 0 Å². The van der Waals surface area contributed by atoms with Crippen molar-refractivity contribution in [1.29, 1.82) is 0 Å². The molecule has 0 heterocycles. The van der Waals surface area contributed by atoms with Gasteiger partial charge < -0.3 is 9.84 Å². The SMILES string of the molecule is CCCCC(O)(CCCC)/C(Br)=C(\Br)c1ccc(OC)cc1. The van der Waals surface area contributed by atoms with Crippen LogP contribution in [0.25, 0.3) is 4.48 Å². The average molecular weight is 434 g/mol. The summed E-state index contributed by atoms with van der Waals surface area (Å²) in [6, 6.07) is 7.83. The van der Waals surface area contributed by atoms with Gasteiger partial charge in [0.15, 0.2) is 0 Å². The fourth-order valence-corrected chi connectivity index (χ4v) is 3.61. The number of unbranched alkanes of at least 4 members (excludes halogenated alkanes) is 2. The van der Waals surface area contributed by atoms with E-state index >= 15 is 0 Å². The summed E-state index contributed by atoms with van der Waals surface area (Å²) in [5.74, 6) is 0.826. The highest BCUT2D eigenvalue weighted by Gasteiger charge is 2.31. The van der Waals surface area contributed by atoms with Gasteiger partial charge in [0.05, 0.1) is 12.7 Å². The van der Waals surface area contributed by atoms with E-state index in [1.807, 2.05) is 24.3 Å². The van der Waals surface area contributed by atoms with Gasteiger partial charge in [0, 0.05) is 8.96 Å². The third kappa shape index (κ3) is 5.39. The second kappa shape index (κ2) is 9.74. The van der Waals surface area contributed by atoms with Crippen molar-refractivity contribution < 1.29 is 9.84 Å². The quantitative estimate of drug-likeness (QED) is 0.497. The zero-order valence-corrected chi connectivity index (χ0v) is 16.8. The molecule has 4 heteroatoms. The van der Waals surface area contributed by atoms with Crippen LogP contribution in [0.15, 0.2) is 28.7 Å². The van der Waals surface area contributed by atoms with Crippen LogP contribution < -0.4 is 4.74 Å². The topological polar surface area (TPSA) is 29.5 Å². The number of benzene rings is 1. The Morgan fingerprint density at radius 1 is 1.05 bits per heavy atom. The van der Waals surface area contributed by atoms with E-state index in [0.29, 0.717) is 0 Å². The number of hydrogen-bond donors (Lipinski definition) is 1. The van der Waals surface area contributed by atoms with Crippen molar-refractivity contribution in [1.82, 2.24) is 0 Å². The number of ether oxygens (including phenoxy) is 1. The van der Waals surface area contributed by atoms with E-state index in [0.717, 1.165) is 58.8 Å². The summed E-state index contributed by atoms with van der Waals surface area (Å²) in [5, 5.41) is 11.1. The largest absolute Gasteiger partial charge is 0.497 e. The molecule has 0 atom stereocenters. The van der Waals surface area contributed by atoms with Crippen molar-refractivity contribution in [2.75, 3.05) is 7.11 Å². The Labute approximate surface area is 151 Å². The van der Waals surface area contributed by atoms with Gasteiger partial charge in [-0.3, -0.25) is 0 Å². The van der Waals surface area contributed by atoms with Gasteiger partial charge in [-0.15, -0.1) is 0 Å². The molecule has 1 rings (SSSR count). The Morgan fingerprint density at radius 2 is 1.55 bits per heavy atom. The highest BCUT2D eigenvalue weighted by molar-refractivity contribution is 9.16. The fraction of sp³-hybridized carbons (Fsp3) is 0.556. The first kappa shape index (κ1) is 19.7. The summed E-state index contributed by atoms with van der Waals surface area (Å²) >= 11 is 7.30. The molecule has 0 aliphatic rings. The molecule has 0 fully saturated rings. The van der Waals surface area contributed by atoms with Gasteiger partial charge in [-0.1, -0.05) is 67.6 Å². The lowest BCUT2D eigenvalue weighted by Gasteiger charge is -2.29. The van der Waals surface area contributed by atoms with E-state index in [4.69, 9.17) is 4.74 Å². The molecule has 0 aromatic heterocycles. The standard InChI is InChI=1S/C18H26Br2O2/c1-4-6-12-18(21,13-7-5-2)17(20)16(19)14-8-10-15(22-3)11-9-14/h8-11,21H,4-7,12-13H2,1-3H3/b17-16+. The Hall–Kier alpha value is -0.320. The second-order valence-corrected chi connectivity index (χ2v) is 7.18. The molecule has 0 aliphatic carbocycles. The van der Waals surface area contributed by atoms with Crippen LogP contribution in [0, 0.1) is 0 Å². The molecule has 0 aliphatic heterocycles. The van der Waals surface area contributed by atoms with Crippen LogP contribution in [0.1, 0.15) is 57.9 Å². The first-order valence-corrected chi connectivity index (χ1v) is 9.49. The van der Waals surface area contributed by atoms with E-state index in [2.05, 4.69) is 45.7 Å². The average Bonchev–Trinajstić information content (AvgIpc) is 2.56. The van der Waals surface area contributed by atoms with Crippen molar-refractivity contribution in [3.05, 3.63) is 34.3 Å². The minimum atomic E-state index is -0.801. The summed E-state index contributed by atoms with van der Waals surface area (Å²) < 4.78 is 6.94. The predicted molar refractivity (Wildman–Crippen MR) is 102 cm³/mol. The molecule has 0 unspecified atom stereocenters. The first-order valence-electron chi connectivity index (χ1n) is 7.91. The maximum absolute atomic E-state index is 11.1. The third-order valence-corrected chi connectivity index (χ3v) is 6.35. The van der Waals surface area contributed by atoms with Gasteiger partial charge in [-0.25, -0.2) is 0 Å².